The summed E-state index contributed by atoms with van der Waals surface area (Å²) >= 11 is 0. The van der Waals surface area contributed by atoms with E-state index in [9.17, 15) is 9.18 Å². The summed E-state index contributed by atoms with van der Waals surface area (Å²) < 4.78 is 19.2. The van der Waals surface area contributed by atoms with E-state index in [0.717, 1.165) is 44.6 Å². The molecule has 1 N–H and O–H groups in total. The third-order valence-corrected chi connectivity index (χ3v) is 6.13. The maximum atomic E-state index is 13.3. The lowest BCUT2D eigenvalue weighted by molar-refractivity contribution is -0.132. The summed E-state index contributed by atoms with van der Waals surface area (Å²) in [5, 5.41) is 3.47. The number of benzene rings is 2. The Labute approximate surface area is 184 Å². The van der Waals surface area contributed by atoms with Crippen LogP contribution in [0.3, 0.4) is 0 Å². The second kappa shape index (κ2) is 10.2. The molecule has 2 aromatic carbocycles. The summed E-state index contributed by atoms with van der Waals surface area (Å²) in [7, 11) is 0. The van der Waals surface area contributed by atoms with Gasteiger partial charge in [0.15, 0.2) is 0 Å². The highest BCUT2D eigenvalue weighted by Gasteiger charge is 2.24. The van der Waals surface area contributed by atoms with Crippen molar-refractivity contribution in [2.75, 3.05) is 32.7 Å². The van der Waals surface area contributed by atoms with Gasteiger partial charge in [-0.15, -0.1) is 0 Å². The Hall–Kier alpha value is -2.44. The number of carbonyl (C=O) groups excluding carboxylic acids is 1. The van der Waals surface area contributed by atoms with Crippen LogP contribution in [0.25, 0.3) is 0 Å². The van der Waals surface area contributed by atoms with Gasteiger partial charge in [0.05, 0.1) is 6.42 Å². The number of halogens is 1. The highest BCUT2D eigenvalue weighted by atomic mass is 19.1. The molecule has 0 aliphatic carbocycles. The summed E-state index contributed by atoms with van der Waals surface area (Å²) in [6.45, 7) is 7.72. The Balaban J connectivity index is 1.22. The van der Waals surface area contributed by atoms with Gasteiger partial charge in [-0.1, -0.05) is 30.3 Å². The summed E-state index contributed by atoms with van der Waals surface area (Å²) in [6, 6.07) is 15.2. The van der Waals surface area contributed by atoms with Gasteiger partial charge in [0, 0.05) is 64.2 Å². The fourth-order valence-corrected chi connectivity index (χ4v) is 4.42. The maximum absolute atomic E-state index is 13.3. The monoisotopic (exact) mass is 425 g/mol. The molecule has 166 valence electrons. The summed E-state index contributed by atoms with van der Waals surface area (Å²) in [6.07, 6.45) is 1.99. The molecule has 2 aliphatic rings. The van der Waals surface area contributed by atoms with Crippen molar-refractivity contribution in [2.45, 2.75) is 44.9 Å². The lowest BCUT2D eigenvalue weighted by atomic mass is 10.0. The van der Waals surface area contributed by atoms with E-state index < -0.39 is 0 Å². The Kier molecular flexibility index (Phi) is 7.20. The minimum absolute atomic E-state index is 0.0258. The van der Waals surface area contributed by atoms with Crippen molar-refractivity contribution in [2.24, 2.45) is 0 Å². The number of rotatable bonds is 6. The van der Waals surface area contributed by atoms with Crippen molar-refractivity contribution < 1.29 is 13.9 Å². The van der Waals surface area contributed by atoms with E-state index in [-0.39, 0.29) is 17.8 Å². The summed E-state index contributed by atoms with van der Waals surface area (Å²) in [5.41, 5.74) is 2.35. The van der Waals surface area contributed by atoms with E-state index in [2.05, 4.69) is 41.4 Å². The number of hydrogen-bond acceptors (Lipinski definition) is 4. The topological polar surface area (TPSA) is 44.8 Å². The van der Waals surface area contributed by atoms with Crippen molar-refractivity contribution in [3.63, 3.8) is 0 Å². The number of hydrogen-bond donors (Lipinski definition) is 1. The van der Waals surface area contributed by atoms with Gasteiger partial charge in [-0.2, -0.15) is 0 Å². The lowest BCUT2D eigenvalue weighted by Crippen LogP contribution is -2.48. The second-order valence-corrected chi connectivity index (χ2v) is 8.74. The highest BCUT2D eigenvalue weighted by Crippen LogP contribution is 2.20. The van der Waals surface area contributed by atoms with Crippen LogP contribution in [0, 0.1) is 5.82 Å². The first-order valence-electron chi connectivity index (χ1n) is 11.3. The second-order valence-electron chi connectivity index (χ2n) is 8.74. The average Bonchev–Trinajstić information content (AvgIpc) is 2.76. The lowest BCUT2D eigenvalue weighted by Gasteiger charge is -2.32. The zero-order chi connectivity index (χ0) is 21.6. The van der Waals surface area contributed by atoms with Gasteiger partial charge in [0.2, 0.25) is 5.91 Å². The number of carbonyl (C=O) groups is 1. The molecule has 31 heavy (non-hydrogen) atoms. The molecule has 0 saturated carbocycles. The van der Waals surface area contributed by atoms with E-state index in [1.54, 1.807) is 12.1 Å². The van der Waals surface area contributed by atoms with Crippen molar-refractivity contribution in [1.29, 1.82) is 0 Å². The normalized spacial score (nSPS) is 20.6. The fourth-order valence-electron chi connectivity index (χ4n) is 4.42. The van der Waals surface area contributed by atoms with Gasteiger partial charge >= 0.3 is 0 Å². The molecule has 5 nitrogen and oxygen atoms in total. The van der Waals surface area contributed by atoms with Crippen molar-refractivity contribution in [1.82, 2.24) is 15.1 Å². The zero-order valence-corrected chi connectivity index (χ0v) is 18.2. The third kappa shape index (κ3) is 6.28. The third-order valence-electron chi connectivity index (χ3n) is 6.13. The largest absolute Gasteiger partial charge is 0.490 e. The average molecular weight is 426 g/mol. The molecule has 0 bridgehead atoms. The number of piperidine rings is 1. The van der Waals surface area contributed by atoms with Crippen LogP contribution in [0.5, 0.6) is 5.75 Å². The number of nitrogens with zero attached hydrogens (tertiary/aromatic N) is 2. The van der Waals surface area contributed by atoms with Crippen molar-refractivity contribution in [3.8, 4) is 5.75 Å². The standard InChI is InChI=1S/C25H32FN3O2/c1-19-17-28(14-11-27-19)18-21-7-5-20(6-8-21)15-25(30)29-12-9-23(10-13-29)31-24-4-2-3-22(26)16-24/h2-8,16,19,23,27H,9-15,17-18H2,1H3/t19-/m1/s1. The molecule has 2 saturated heterocycles. The molecule has 1 amide bonds. The molecule has 2 heterocycles. The van der Waals surface area contributed by atoms with Crippen LogP contribution < -0.4 is 10.1 Å². The first-order valence-corrected chi connectivity index (χ1v) is 11.3. The molecule has 0 spiro atoms. The molecule has 0 radical (unpaired) electrons. The van der Waals surface area contributed by atoms with E-state index in [0.29, 0.717) is 31.3 Å². The van der Waals surface area contributed by atoms with Crippen LogP contribution in [0.1, 0.15) is 30.9 Å². The Morgan fingerprint density at radius 3 is 2.55 bits per heavy atom. The number of piperazine rings is 1. The molecular formula is C25H32FN3O2. The first-order chi connectivity index (χ1) is 15.0. The van der Waals surface area contributed by atoms with Gasteiger partial charge < -0.3 is 15.0 Å². The number of nitrogens with one attached hydrogen (secondary N) is 1. The van der Waals surface area contributed by atoms with Crippen molar-refractivity contribution >= 4 is 5.91 Å². The number of likely N-dealkylation sites (tertiary alicyclic amines) is 1. The Morgan fingerprint density at radius 2 is 1.84 bits per heavy atom. The molecule has 1 atom stereocenters. The molecule has 2 aliphatic heterocycles. The first kappa shape index (κ1) is 21.8. The molecule has 6 heteroatoms. The SMILES string of the molecule is C[C@@H]1CN(Cc2ccc(CC(=O)N3CCC(Oc4cccc(F)c4)CC3)cc2)CCN1. The van der Waals surface area contributed by atoms with Crippen LogP contribution >= 0.6 is 0 Å². The van der Waals surface area contributed by atoms with Gasteiger partial charge in [-0.05, 0) is 30.2 Å². The van der Waals surface area contributed by atoms with Crippen LogP contribution in [0.2, 0.25) is 0 Å². The molecule has 2 aromatic rings. The van der Waals surface area contributed by atoms with Crippen LogP contribution in [-0.4, -0.2) is 60.6 Å². The molecular weight excluding hydrogens is 393 g/mol. The van der Waals surface area contributed by atoms with E-state index in [1.165, 1.54) is 17.7 Å². The van der Waals surface area contributed by atoms with Gasteiger partial charge in [0.25, 0.3) is 0 Å². The minimum atomic E-state index is -0.293. The van der Waals surface area contributed by atoms with Gasteiger partial charge in [-0.3, -0.25) is 9.69 Å². The Morgan fingerprint density at radius 1 is 1.10 bits per heavy atom. The highest BCUT2D eigenvalue weighted by molar-refractivity contribution is 5.78. The Bertz CT molecular complexity index is 865. The fraction of sp³-hybridized carbons (Fsp3) is 0.480. The maximum Gasteiger partial charge on any atom is 0.226 e. The van der Waals surface area contributed by atoms with Gasteiger partial charge in [-0.25, -0.2) is 4.39 Å². The predicted octanol–water partition coefficient (Wildman–Crippen LogP) is 3.23. The molecule has 0 aromatic heterocycles. The van der Waals surface area contributed by atoms with Crippen LogP contribution in [0.4, 0.5) is 4.39 Å². The van der Waals surface area contributed by atoms with E-state index >= 15 is 0 Å². The molecule has 2 fully saturated rings. The van der Waals surface area contributed by atoms with Crippen LogP contribution in [0.15, 0.2) is 48.5 Å². The number of amides is 1. The predicted molar refractivity (Wildman–Crippen MR) is 120 cm³/mol. The van der Waals surface area contributed by atoms with Crippen molar-refractivity contribution in [3.05, 3.63) is 65.5 Å². The minimum Gasteiger partial charge on any atom is -0.490 e. The van der Waals surface area contributed by atoms with E-state index in [1.807, 2.05) is 4.90 Å². The quantitative estimate of drug-likeness (QED) is 0.772. The number of ether oxygens (including phenoxy) is 1. The molecule has 4 rings (SSSR count). The molecule has 0 unspecified atom stereocenters. The van der Waals surface area contributed by atoms with Crippen LogP contribution in [-0.2, 0) is 17.8 Å². The van der Waals surface area contributed by atoms with E-state index in [4.69, 9.17) is 4.74 Å². The summed E-state index contributed by atoms with van der Waals surface area (Å²) in [5.74, 6) is 0.423. The summed E-state index contributed by atoms with van der Waals surface area (Å²) in [4.78, 5) is 17.1. The smallest absolute Gasteiger partial charge is 0.226 e. The zero-order valence-electron chi connectivity index (χ0n) is 18.2. The van der Waals surface area contributed by atoms with Gasteiger partial charge in [0.1, 0.15) is 17.7 Å².